The minimum Gasteiger partial charge on any atom is -0.477 e. The minimum atomic E-state index is -0.868. The quantitative estimate of drug-likeness (QED) is 0.657. The first kappa shape index (κ1) is 13.7. The number of fused-ring (bicyclic) bond motifs is 1. The number of rotatable bonds is 4. The fourth-order valence-electron chi connectivity index (χ4n) is 1.65. The average molecular weight is 291 g/mol. The maximum atomic E-state index is 10.9. The lowest BCUT2D eigenvalue weighted by atomic mass is 10.2. The highest BCUT2D eigenvalue weighted by Crippen LogP contribution is 2.36. The van der Waals surface area contributed by atoms with E-state index in [0.29, 0.717) is 4.88 Å². The molecule has 0 radical (unpaired) electrons. The van der Waals surface area contributed by atoms with E-state index >= 15 is 0 Å². The number of carboxylic acids is 1. The van der Waals surface area contributed by atoms with Crippen LogP contribution in [0.3, 0.4) is 0 Å². The third-order valence-corrected chi connectivity index (χ3v) is 4.96. The van der Waals surface area contributed by atoms with Crippen LogP contribution in [-0.4, -0.2) is 17.8 Å². The summed E-state index contributed by atoms with van der Waals surface area (Å²) in [5.41, 5.74) is 1.94. The standard InChI is InChI=1S/C14H13NO2S2/c1-4-9(5-8(2)15-3)10-6-11-12(18-10)7-13(19-11)14(16)17/h4-7H,3H2,1-2H3,(H,16,17)/b8-5-,9-4+. The van der Waals surface area contributed by atoms with Gasteiger partial charge in [-0.2, -0.15) is 0 Å². The van der Waals surface area contributed by atoms with E-state index in [4.69, 9.17) is 5.11 Å². The van der Waals surface area contributed by atoms with Crippen LogP contribution in [0.25, 0.3) is 15.0 Å². The van der Waals surface area contributed by atoms with E-state index in [9.17, 15) is 4.79 Å². The summed E-state index contributed by atoms with van der Waals surface area (Å²) in [5.74, 6) is -0.868. The van der Waals surface area contributed by atoms with E-state index in [1.54, 1.807) is 17.4 Å². The van der Waals surface area contributed by atoms with Gasteiger partial charge in [0, 0.05) is 20.0 Å². The summed E-state index contributed by atoms with van der Waals surface area (Å²) in [4.78, 5) is 16.3. The van der Waals surface area contributed by atoms with Crippen molar-refractivity contribution in [1.82, 2.24) is 0 Å². The smallest absolute Gasteiger partial charge is 0.345 e. The summed E-state index contributed by atoms with van der Waals surface area (Å²) in [6, 6.07) is 3.76. The SMILES string of the molecule is C=N/C(C)=C\C(=C/C)c1cc2sc(C(=O)O)cc2s1. The molecule has 1 N–H and O–H groups in total. The van der Waals surface area contributed by atoms with Gasteiger partial charge >= 0.3 is 5.97 Å². The maximum absolute atomic E-state index is 10.9. The zero-order valence-electron chi connectivity index (χ0n) is 10.6. The Morgan fingerprint density at radius 2 is 1.89 bits per heavy atom. The first-order chi connectivity index (χ1) is 9.05. The molecule has 0 saturated heterocycles. The third-order valence-electron chi connectivity index (χ3n) is 2.63. The van der Waals surface area contributed by atoms with E-state index in [1.807, 2.05) is 32.1 Å². The first-order valence-electron chi connectivity index (χ1n) is 5.63. The molecule has 5 heteroatoms. The Labute approximate surface area is 119 Å². The largest absolute Gasteiger partial charge is 0.477 e. The molecule has 2 rings (SSSR count). The molecule has 2 heterocycles. The average Bonchev–Trinajstić information content (AvgIpc) is 2.93. The van der Waals surface area contributed by atoms with E-state index < -0.39 is 5.97 Å². The zero-order chi connectivity index (χ0) is 14.0. The van der Waals surface area contributed by atoms with Gasteiger partial charge in [0.1, 0.15) is 4.88 Å². The minimum absolute atomic E-state index is 0.384. The highest BCUT2D eigenvalue weighted by molar-refractivity contribution is 7.29. The summed E-state index contributed by atoms with van der Waals surface area (Å²) >= 11 is 2.90. The molecule has 0 aliphatic carbocycles. The normalized spacial score (nSPS) is 12.9. The van der Waals surface area contributed by atoms with Crippen molar-refractivity contribution in [2.75, 3.05) is 0 Å². The van der Waals surface area contributed by atoms with Crippen LogP contribution >= 0.6 is 22.7 Å². The molecule has 0 amide bonds. The second-order valence-corrected chi connectivity index (χ2v) is 6.11. The van der Waals surface area contributed by atoms with E-state index in [1.165, 1.54) is 11.3 Å². The predicted molar refractivity (Wildman–Crippen MR) is 83.6 cm³/mol. The second-order valence-electron chi connectivity index (χ2n) is 3.94. The Morgan fingerprint density at radius 3 is 2.42 bits per heavy atom. The molecule has 98 valence electrons. The summed E-state index contributed by atoms with van der Waals surface area (Å²) < 4.78 is 2.02. The fraction of sp³-hybridized carbons (Fsp3) is 0.143. The van der Waals surface area contributed by atoms with Crippen LogP contribution in [0, 0.1) is 0 Å². The number of aliphatic imine (C=N–C) groups is 1. The molecule has 0 aliphatic heterocycles. The van der Waals surface area contributed by atoms with E-state index in [2.05, 4.69) is 11.7 Å². The monoisotopic (exact) mass is 291 g/mol. The molecule has 2 aromatic rings. The third kappa shape index (κ3) is 2.83. The van der Waals surface area contributed by atoms with Crippen molar-refractivity contribution < 1.29 is 9.90 Å². The van der Waals surface area contributed by atoms with E-state index in [-0.39, 0.29) is 0 Å². The topological polar surface area (TPSA) is 49.7 Å². The number of hydrogen-bond donors (Lipinski definition) is 1. The Balaban J connectivity index is 2.43. The van der Waals surface area contributed by atoms with Gasteiger partial charge in [-0.05, 0) is 44.3 Å². The molecule has 19 heavy (non-hydrogen) atoms. The van der Waals surface area contributed by atoms with Gasteiger partial charge in [-0.15, -0.1) is 22.7 Å². The zero-order valence-corrected chi connectivity index (χ0v) is 12.3. The molecule has 0 aromatic carbocycles. The van der Waals surface area contributed by atoms with Gasteiger partial charge in [-0.1, -0.05) is 6.08 Å². The molecule has 0 fully saturated rings. The van der Waals surface area contributed by atoms with Gasteiger partial charge < -0.3 is 5.11 Å². The van der Waals surface area contributed by atoms with Crippen molar-refractivity contribution in [3.05, 3.63) is 39.7 Å². The highest BCUT2D eigenvalue weighted by Gasteiger charge is 2.12. The molecular weight excluding hydrogens is 278 g/mol. The number of carbonyl (C=O) groups is 1. The van der Waals surface area contributed by atoms with Crippen LogP contribution in [0.4, 0.5) is 0 Å². The van der Waals surface area contributed by atoms with Gasteiger partial charge in [0.2, 0.25) is 0 Å². The van der Waals surface area contributed by atoms with Gasteiger partial charge in [0.05, 0.1) is 0 Å². The van der Waals surface area contributed by atoms with Crippen molar-refractivity contribution in [2.24, 2.45) is 4.99 Å². The summed E-state index contributed by atoms with van der Waals surface area (Å²) in [7, 11) is 0. The summed E-state index contributed by atoms with van der Waals surface area (Å²) in [5, 5.41) is 8.95. The number of hydrogen-bond acceptors (Lipinski definition) is 4. The molecule has 0 unspecified atom stereocenters. The first-order valence-corrected chi connectivity index (χ1v) is 7.27. The van der Waals surface area contributed by atoms with Gasteiger partial charge in [-0.3, -0.25) is 4.99 Å². The highest BCUT2D eigenvalue weighted by atomic mass is 32.1. The molecule has 0 bridgehead atoms. The number of nitrogens with zero attached hydrogens (tertiary/aromatic N) is 1. The molecule has 0 atom stereocenters. The fourth-order valence-corrected chi connectivity index (χ4v) is 3.93. The van der Waals surface area contributed by atoms with Crippen molar-refractivity contribution in [3.8, 4) is 0 Å². The molecule has 0 aliphatic rings. The van der Waals surface area contributed by atoms with Crippen LogP contribution in [0.15, 0.2) is 35.0 Å². The van der Waals surface area contributed by atoms with Crippen LogP contribution in [0.5, 0.6) is 0 Å². The Bertz CT molecular complexity index is 673. The maximum Gasteiger partial charge on any atom is 0.345 e. The van der Waals surface area contributed by atoms with Crippen LogP contribution < -0.4 is 0 Å². The van der Waals surface area contributed by atoms with E-state index in [0.717, 1.165) is 25.5 Å². The number of thiophene rings is 2. The lowest BCUT2D eigenvalue weighted by molar-refractivity contribution is 0.0702. The molecule has 0 saturated carbocycles. The van der Waals surface area contributed by atoms with Gasteiger partial charge in [-0.25, -0.2) is 4.79 Å². The molecule has 2 aromatic heterocycles. The van der Waals surface area contributed by atoms with Gasteiger partial charge in [0.25, 0.3) is 0 Å². The molecular formula is C14H13NO2S2. The molecule has 0 spiro atoms. The number of allylic oxidation sites excluding steroid dienone is 4. The second kappa shape index (κ2) is 5.50. The van der Waals surface area contributed by atoms with Crippen LogP contribution in [0.1, 0.15) is 28.4 Å². The predicted octanol–water partition coefficient (Wildman–Crippen LogP) is 4.67. The van der Waals surface area contributed by atoms with Crippen molar-refractivity contribution in [1.29, 1.82) is 0 Å². The van der Waals surface area contributed by atoms with Crippen molar-refractivity contribution >= 4 is 50.3 Å². The molecule has 3 nitrogen and oxygen atoms in total. The van der Waals surface area contributed by atoms with Crippen LogP contribution in [0.2, 0.25) is 0 Å². The summed E-state index contributed by atoms with van der Waals surface area (Å²) in [6.07, 6.45) is 3.99. The number of aromatic carboxylic acids is 1. The Morgan fingerprint density at radius 1 is 1.32 bits per heavy atom. The Kier molecular flexibility index (Phi) is 3.97. The number of carboxylic acid groups (broad SMARTS) is 1. The van der Waals surface area contributed by atoms with Crippen molar-refractivity contribution in [3.63, 3.8) is 0 Å². The lowest BCUT2D eigenvalue weighted by Crippen LogP contribution is -1.89. The lowest BCUT2D eigenvalue weighted by Gasteiger charge is -1.98. The van der Waals surface area contributed by atoms with Gasteiger partial charge in [0.15, 0.2) is 0 Å². The van der Waals surface area contributed by atoms with Crippen molar-refractivity contribution in [2.45, 2.75) is 13.8 Å². The Hall–Kier alpha value is -1.72. The summed E-state index contributed by atoms with van der Waals surface area (Å²) in [6.45, 7) is 7.37. The van der Waals surface area contributed by atoms with Crippen LogP contribution in [-0.2, 0) is 0 Å².